The van der Waals surface area contributed by atoms with Gasteiger partial charge in [-0.25, -0.2) is 4.39 Å². The molecule has 2 N–H and O–H groups in total. The Morgan fingerprint density at radius 2 is 2.20 bits per heavy atom. The minimum atomic E-state index is -0.861. The number of benzene rings is 1. The molecule has 1 aromatic carbocycles. The highest BCUT2D eigenvalue weighted by molar-refractivity contribution is 5.85. The van der Waals surface area contributed by atoms with E-state index in [1.807, 2.05) is 0 Å². The highest BCUT2D eigenvalue weighted by Crippen LogP contribution is 2.17. The van der Waals surface area contributed by atoms with E-state index in [0.29, 0.717) is 13.0 Å². The maximum absolute atomic E-state index is 12.8. The molecule has 0 saturated heterocycles. The molecule has 82 valence electrons. The predicted molar refractivity (Wildman–Crippen MR) is 55.6 cm³/mol. The van der Waals surface area contributed by atoms with E-state index in [0.717, 1.165) is 11.1 Å². The first kappa shape index (κ1) is 11.9. The van der Waals surface area contributed by atoms with Gasteiger partial charge < -0.3 is 10.4 Å². The number of fused-ring (bicyclic) bond motifs is 1. The lowest BCUT2D eigenvalue weighted by atomic mass is 9.96. The second-order valence-electron chi connectivity index (χ2n) is 3.39. The van der Waals surface area contributed by atoms with Crippen LogP contribution in [0.25, 0.3) is 0 Å². The molecule has 0 radical (unpaired) electrons. The Bertz CT molecular complexity index is 384. The Hall–Kier alpha value is -1.13. The van der Waals surface area contributed by atoms with Crippen LogP contribution in [0.2, 0.25) is 0 Å². The molecule has 3 nitrogen and oxygen atoms in total. The quantitative estimate of drug-likeness (QED) is 0.767. The molecule has 1 heterocycles. The lowest BCUT2D eigenvalue weighted by Gasteiger charge is -2.22. The first-order valence-electron chi connectivity index (χ1n) is 4.40. The van der Waals surface area contributed by atoms with Crippen molar-refractivity contribution < 1.29 is 14.3 Å². The number of carboxylic acids is 1. The van der Waals surface area contributed by atoms with Crippen LogP contribution in [0, 0.1) is 5.82 Å². The fourth-order valence-corrected chi connectivity index (χ4v) is 1.66. The monoisotopic (exact) mass is 231 g/mol. The van der Waals surface area contributed by atoms with E-state index in [4.69, 9.17) is 5.11 Å². The van der Waals surface area contributed by atoms with Crippen molar-refractivity contribution in [1.82, 2.24) is 5.32 Å². The third-order valence-corrected chi connectivity index (χ3v) is 2.43. The van der Waals surface area contributed by atoms with E-state index in [1.54, 1.807) is 6.07 Å². The molecule has 0 amide bonds. The van der Waals surface area contributed by atoms with Crippen LogP contribution in [-0.2, 0) is 17.8 Å². The zero-order valence-electron chi connectivity index (χ0n) is 7.87. The van der Waals surface area contributed by atoms with Crippen molar-refractivity contribution in [2.75, 3.05) is 0 Å². The van der Waals surface area contributed by atoms with Crippen molar-refractivity contribution in [3.63, 3.8) is 0 Å². The molecule has 1 aliphatic rings. The van der Waals surface area contributed by atoms with E-state index in [1.165, 1.54) is 12.1 Å². The molecule has 0 spiro atoms. The molecule has 1 aliphatic heterocycles. The Labute approximate surface area is 92.7 Å². The highest BCUT2D eigenvalue weighted by atomic mass is 35.5. The number of carbonyl (C=O) groups is 1. The van der Waals surface area contributed by atoms with Crippen LogP contribution in [0.1, 0.15) is 11.1 Å². The van der Waals surface area contributed by atoms with E-state index in [9.17, 15) is 9.18 Å². The fraction of sp³-hybridized carbons (Fsp3) is 0.300. The van der Waals surface area contributed by atoms with Gasteiger partial charge in [0.1, 0.15) is 11.9 Å². The van der Waals surface area contributed by atoms with E-state index in [2.05, 4.69) is 5.32 Å². The Balaban J connectivity index is 0.00000112. The zero-order valence-corrected chi connectivity index (χ0v) is 8.68. The molecular weight excluding hydrogens is 221 g/mol. The van der Waals surface area contributed by atoms with Gasteiger partial charge in [0.05, 0.1) is 0 Å². The second-order valence-corrected chi connectivity index (χ2v) is 3.39. The summed E-state index contributed by atoms with van der Waals surface area (Å²) in [6.07, 6.45) is 0.422. The summed E-state index contributed by atoms with van der Waals surface area (Å²) in [7, 11) is 0. The van der Waals surface area contributed by atoms with Gasteiger partial charge >= 0.3 is 5.97 Å². The normalized spacial score (nSPS) is 18.9. The van der Waals surface area contributed by atoms with Crippen molar-refractivity contribution in [3.05, 3.63) is 35.1 Å². The summed E-state index contributed by atoms with van der Waals surface area (Å²) < 4.78 is 12.8. The van der Waals surface area contributed by atoms with Crippen LogP contribution in [0.15, 0.2) is 18.2 Å². The molecule has 0 fully saturated rings. The lowest BCUT2D eigenvalue weighted by molar-refractivity contribution is -0.139. The number of aliphatic carboxylic acids is 1. The van der Waals surface area contributed by atoms with Gasteiger partial charge in [-0.15, -0.1) is 12.4 Å². The summed E-state index contributed by atoms with van der Waals surface area (Å²) in [6.45, 7) is 0.421. The summed E-state index contributed by atoms with van der Waals surface area (Å²) in [5.41, 5.74) is 1.76. The van der Waals surface area contributed by atoms with Gasteiger partial charge in [0, 0.05) is 6.54 Å². The van der Waals surface area contributed by atoms with Crippen LogP contribution in [0.4, 0.5) is 4.39 Å². The molecule has 0 aliphatic carbocycles. The molecule has 15 heavy (non-hydrogen) atoms. The number of nitrogens with one attached hydrogen (secondary N) is 1. The molecule has 2 rings (SSSR count). The topological polar surface area (TPSA) is 49.3 Å². The number of hydrogen-bond acceptors (Lipinski definition) is 2. The molecule has 0 saturated carbocycles. The minimum absolute atomic E-state index is 0. The van der Waals surface area contributed by atoms with Crippen molar-refractivity contribution in [3.8, 4) is 0 Å². The highest BCUT2D eigenvalue weighted by Gasteiger charge is 2.23. The van der Waals surface area contributed by atoms with Gasteiger partial charge in [0.2, 0.25) is 0 Å². The van der Waals surface area contributed by atoms with Crippen LogP contribution in [0.5, 0.6) is 0 Å². The standard InChI is InChI=1S/C10H10FNO2.ClH/c11-8-2-1-6-4-9(10(13)14)12-5-7(6)3-8;/h1-3,9,12H,4-5H2,(H,13,14);1H. The molecule has 1 atom stereocenters. The third kappa shape index (κ3) is 2.46. The van der Waals surface area contributed by atoms with Crippen LogP contribution in [0.3, 0.4) is 0 Å². The first-order valence-corrected chi connectivity index (χ1v) is 4.40. The third-order valence-electron chi connectivity index (χ3n) is 2.43. The van der Waals surface area contributed by atoms with E-state index < -0.39 is 12.0 Å². The minimum Gasteiger partial charge on any atom is -0.480 e. The Morgan fingerprint density at radius 1 is 1.47 bits per heavy atom. The molecule has 1 aromatic rings. The summed E-state index contributed by atoms with van der Waals surface area (Å²) in [5.74, 6) is -1.14. The summed E-state index contributed by atoms with van der Waals surface area (Å²) in [4.78, 5) is 10.7. The molecular formula is C10H11ClFNO2. The number of hydrogen-bond donors (Lipinski definition) is 2. The number of carboxylic acid groups (broad SMARTS) is 1. The largest absolute Gasteiger partial charge is 0.480 e. The average Bonchev–Trinajstić information content (AvgIpc) is 2.16. The summed E-state index contributed by atoms with van der Waals surface area (Å²) in [5, 5.41) is 11.6. The SMILES string of the molecule is Cl.O=C(O)C1Cc2ccc(F)cc2CN1. The first-order chi connectivity index (χ1) is 6.66. The van der Waals surface area contributed by atoms with Crippen molar-refractivity contribution in [1.29, 1.82) is 0 Å². The molecule has 0 bridgehead atoms. The van der Waals surface area contributed by atoms with Crippen molar-refractivity contribution in [2.45, 2.75) is 19.0 Å². The zero-order chi connectivity index (χ0) is 10.1. The van der Waals surface area contributed by atoms with Crippen molar-refractivity contribution >= 4 is 18.4 Å². The van der Waals surface area contributed by atoms with Gasteiger partial charge in [-0.2, -0.15) is 0 Å². The molecule has 5 heteroatoms. The smallest absolute Gasteiger partial charge is 0.321 e. The predicted octanol–water partition coefficient (Wildman–Crippen LogP) is 1.35. The molecule has 1 unspecified atom stereocenters. The maximum atomic E-state index is 12.8. The summed E-state index contributed by atoms with van der Waals surface area (Å²) >= 11 is 0. The van der Waals surface area contributed by atoms with Gasteiger partial charge in [0.15, 0.2) is 0 Å². The fourth-order valence-electron chi connectivity index (χ4n) is 1.66. The Kier molecular flexibility index (Phi) is 3.66. The average molecular weight is 232 g/mol. The number of halogens is 2. The van der Waals surface area contributed by atoms with Gasteiger partial charge in [-0.1, -0.05) is 6.07 Å². The summed E-state index contributed by atoms with van der Waals surface area (Å²) in [6, 6.07) is 3.92. The van der Waals surface area contributed by atoms with Crippen LogP contribution >= 0.6 is 12.4 Å². The molecule has 0 aromatic heterocycles. The van der Waals surface area contributed by atoms with Gasteiger partial charge in [-0.3, -0.25) is 4.79 Å². The van der Waals surface area contributed by atoms with E-state index in [-0.39, 0.29) is 18.2 Å². The van der Waals surface area contributed by atoms with E-state index >= 15 is 0 Å². The second kappa shape index (κ2) is 4.59. The maximum Gasteiger partial charge on any atom is 0.321 e. The van der Waals surface area contributed by atoms with Gasteiger partial charge in [0.25, 0.3) is 0 Å². The van der Waals surface area contributed by atoms with Gasteiger partial charge in [-0.05, 0) is 29.7 Å². The van der Waals surface area contributed by atoms with Crippen molar-refractivity contribution in [2.24, 2.45) is 0 Å². The Morgan fingerprint density at radius 3 is 2.87 bits per heavy atom. The number of rotatable bonds is 1. The lowest BCUT2D eigenvalue weighted by Crippen LogP contribution is -2.41. The van der Waals surface area contributed by atoms with Crippen LogP contribution in [-0.4, -0.2) is 17.1 Å². The van der Waals surface area contributed by atoms with Crippen LogP contribution < -0.4 is 5.32 Å².